The van der Waals surface area contributed by atoms with Gasteiger partial charge in [-0.1, -0.05) is 0 Å². The van der Waals surface area contributed by atoms with Gasteiger partial charge in [0, 0.05) is 19.2 Å². The normalized spacial score (nSPS) is 29.8. The molecule has 0 saturated carbocycles. The van der Waals surface area contributed by atoms with Crippen LogP contribution in [0, 0.1) is 0 Å². The summed E-state index contributed by atoms with van der Waals surface area (Å²) in [7, 11) is -1.09. The number of nitrogens with one attached hydrogen (secondary N) is 1. The predicted octanol–water partition coefficient (Wildman–Crippen LogP) is -0.599. The van der Waals surface area contributed by atoms with Crippen LogP contribution < -0.4 is 5.32 Å². The fourth-order valence-corrected chi connectivity index (χ4v) is 4.37. The van der Waals surface area contributed by atoms with Gasteiger partial charge in [0.2, 0.25) is 5.91 Å². The zero-order valence-electron chi connectivity index (χ0n) is 11.3. The van der Waals surface area contributed by atoms with Crippen LogP contribution in [0.3, 0.4) is 0 Å². The molecule has 2 saturated heterocycles. The molecule has 0 aliphatic carbocycles. The molecule has 2 unspecified atom stereocenters. The minimum Gasteiger partial charge on any atom is -0.376 e. The van der Waals surface area contributed by atoms with E-state index in [-0.39, 0.29) is 36.1 Å². The lowest BCUT2D eigenvalue weighted by atomic mass is 10.2. The minimum atomic E-state index is -2.90. The first-order valence-corrected chi connectivity index (χ1v) is 8.57. The maximum absolute atomic E-state index is 11.8. The van der Waals surface area contributed by atoms with Crippen molar-refractivity contribution in [1.82, 2.24) is 10.2 Å². The van der Waals surface area contributed by atoms with E-state index in [2.05, 4.69) is 5.32 Å². The highest BCUT2D eigenvalue weighted by Gasteiger charge is 2.31. The summed E-state index contributed by atoms with van der Waals surface area (Å²) in [5.41, 5.74) is 0. The molecule has 1 amide bonds. The van der Waals surface area contributed by atoms with Gasteiger partial charge in [-0.05, 0) is 26.3 Å². The summed E-state index contributed by atoms with van der Waals surface area (Å²) in [6.45, 7) is 1.57. The lowest BCUT2D eigenvalue weighted by Crippen LogP contribution is -2.43. The first-order valence-electron chi connectivity index (χ1n) is 6.75. The van der Waals surface area contributed by atoms with E-state index in [0.29, 0.717) is 13.0 Å². The molecule has 19 heavy (non-hydrogen) atoms. The number of sulfone groups is 1. The van der Waals surface area contributed by atoms with Gasteiger partial charge in [-0.3, -0.25) is 9.69 Å². The van der Waals surface area contributed by atoms with Crippen LogP contribution in [0.1, 0.15) is 19.3 Å². The zero-order valence-corrected chi connectivity index (χ0v) is 12.1. The van der Waals surface area contributed by atoms with Crippen LogP contribution in [0.25, 0.3) is 0 Å². The highest BCUT2D eigenvalue weighted by Crippen LogP contribution is 2.16. The first-order chi connectivity index (χ1) is 8.96. The Hall–Kier alpha value is -0.660. The second kappa shape index (κ2) is 6.19. The van der Waals surface area contributed by atoms with Crippen molar-refractivity contribution >= 4 is 15.7 Å². The van der Waals surface area contributed by atoms with Gasteiger partial charge in [-0.25, -0.2) is 8.42 Å². The highest BCUT2D eigenvalue weighted by molar-refractivity contribution is 7.91. The molecule has 0 aromatic heterocycles. The van der Waals surface area contributed by atoms with E-state index in [1.807, 2.05) is 4.90 Å². The van der Waals surface area contributed by atoms with Gasteiger partial charge in [0.25, 0.3) is 0 Å². The van der Waals surface area contributed by atoms with E-state index < -0.39 is 9.84 Å². The minimum absolute atomic E-state index is 0.0292. The molecule has 6 nitrogen and oxygen atoms in total. The maximum Gasteiger partial charge on any atom is 0.234 e. The Labute approximate surface area is 114 Å². The fourth-order valence-electron chi connectivity index (χ4n) is 2.57. The molecule has 2 atom stereocenters. The van der Waals surface area contributed by atoms with Crippen molar-refractivity contribution in [2.24, 2.45) is 0 Å². The van der Waals surface area contributed by atoms with Gasteiger partial charge in [-0.15, -0.1) is 0 Å². The van der Waals surface area contributed by atoms with E-state index >= 15 is 0 Å². The van der Waals surface area contributed by atoms with Crippen molar-refractivity contribution in [3.05, 3.63) is 0 Å². The van der Waals surface area contributed by atoms with Crippen molar-refractivity contribution in [3.8, 4) is 0 Å². The van der Waals surface area contributed by atoms with Crippen molar-refractivity contribution in [2.75, 3.05) is 38.2 Å². The molecule has 1 N–H and O–H groups in total. The quantitative estimate of drug-likeness (QED) is 0.732. The van der Waals surface area contributed by atoms with Gasteiger partial charge < -0.3 is 10.1 Å². The van der Waals surface area contributed by atoms with Crippen LogP contribution in [0.15, 0.2) is 0 Å². The number of rotatable bonds is 5. The molecule has 2 rings (SSSR count). The standard InChI is InChI=1S/C12H22N2O4S/c1-14(10-4-6-19(16,17)9-10)8-12(15)13-7-11-3-2-5-18-11/h10-11H,2-9H2,1H3,(H,13,15). The third-order valence-corrected chi connectivity index (χ3v) is 5.53. The van der Waals surface area contributed by atoms with Gasteiger partial charge in [-0.2, -0.15) is 0 Å². The SMILES string of the molecule is CN(CC(=O)NCC1CCCO1)C1CCS(=O)(=O)C1. The van der Waals surface area contributed by atoms with Crippen LogP contribution in [-0.2, 0) is 19.4 Å². The number of carbonyl (C=O) groups is 1. The van der Waals surface area contributed by atoms with E-state index in [0.717, 1.165) is 19.4 Å². The maximum atomic E-state index is 11.8. The molecular formula is C12H22N2O4S. The molecule has 2 aliphatic heterocycles. The Balaban J connectivity index is 1.69. The van der Waals surface area contributed by atoms with Crippen LogP contribution in [0.5, 0.6) is 0 Å². The number of hydrogen-bond acceptors (Lipinski definition) is 5. The number of likely N-dealkylation sites (N-methyl/N-ethyl adjacent to an activating group) is 1. The molecular weight excluding hydrogens is 268 g/mol. The van der Waals surface area contributed by atoms with Crippen LogP contribution >= 0.6 is 0 Å². The predicted molar refractivity (Wildman–Crippen MR) is 71.7 cm³/mol. The summed E-state index contributed by atoms with van der Waals surface area (Å²) in [6, 6.07) is -0.0292. The second-order valence-electron chi connectivity index (χ2n) is 5.41. The van der Waals surface area contributed by atoms with Gasteiger partial charge in [0.05, 0.1) is 24.2 Å². The van der Waals surface area contributed by atoms with E-state index in [1.54, 1.807) is 7.05 Å². The lowest BCUT2D eigenvalue weighted by molar-refractivity contribution is -0.122. The van der Waals surface area contributed by atoms with E-state index in [1.165, 1.54) is 0 Å². The van der Waals surface area contributed by atoms with Gasteiger partial charge in [0.15, 0.2) is 9.84 Å². The Bertz CT molecular complexity index is 417. The largest absolute Gasteiger partial charge is 0.376 e. The Morgan fingerprint density at radius 1 is 1.42 bits per heavy atom. The summed E-state index contributed by atoms with van der Waals surface area (Å²) in [5, 5.41) is 2.84. The molecule has 0 bridgehead atoms. The summed E-state index contributed by atoms with van der Waals surface area (Å²) in [4.78, 5) is 13.6. The van der Waals surface area contributed by atoms with Crippen molar-refractivity contribution in [1.29, 1.82) is 0 Å². The molecule has 2 fully saturated rings. The molecule has 2 aliphatic rings. The third kappa shape index (κ3) is 4.43. The average Bonchev–Trinajstić information content (AvgIpc) is 2.95. The van der Waals surface area contributed by atoms with Crippen LogP contribution in [-0.4, -0.2) is 69.6 Å². The third-order valence-electron chi connectivity index (χ3n) is 3.78. The summed E-state index contributed by atoms with van der Waals surface area (Å²) in [6.07, 6.45) is 2.82. The summed E-state index contributed by atoms with van der Waals surface area (Å²) in [5.74, 6) is 0.338. The van der Waals surface area contributed by atoms with Gasteiger partial charge in [0.1, 0.15) is 0 Å². The Kier molecular flexibility index (Phi) is 4.81. The average molecular weight is 290 g/mol. The molecule has 0 spiro atoms. The van der Waals surface area contributed by atoms with Crippen molar-refractivity contribution in [3.63, 3.8) is 0 Å². The molecule has 110 valence electrons. The Morgan fingerprint density at radius 3 is 2.79 bits per heavy atom. The topological polar surface area (TPSA) is 75.7 Å². The summed E-state index contributed by atoms with van der Waals surface area (Å²) < 4.78 is 28.2. The highest BCUT2D eigenvalue weighted by atomic mass is 32.2. The summed E-state index contributed by atoms with van der Waals surface area (Å²) >= 11 is 0. The van der Waals surface area contributed by atoms with Gasteiger partial charge >= 0.3 is 0 Å². The number of ether oxygens (including phenoxy) is 1. The number of hydrogen-bond donors (Lipinski definition) is 1. The Morgan fingerprint density at radius 2 is 2.21 bits per heavy atom. The zero-order chi connectivity index (χ0) is 13.9. The molecule has 0 radical (unpaired) electrons. The monoisotopic (exact) mass is 290 g/mol. The molecule has 2 heterocycles. The van der Waals surface area contributed by atoms with Crippen molar-refractivity contribution < 1.29 is 17.9 Å². The molecule has 0 aromatic carbocycles. The number of carbonyl (C=O) groups excluding carboxylic acids is 1. The second-order valence-corrected chi connectivity index (χ2v) is 7.64. The fraction of sp³-hybridized carbons (Fsp3) is 0.917. The van der Waals surface area contributed by atoms with Crippen LogP contribution in [0.2, 0.25) is 0 Å². The van der Waals surface area contributed by atoms with E-state index in [4.69, 9.17) is 4.74 Å². The number of amides is 1. The first kappa shape index (κ1) is 14.7. The van der Waals surface area contributed by atoms with Crippen LogP contribution in [0.4, 0.5) is 0 Å². The number of nitrogens with zero attached hydrogens (tertiary/aromatic N) is 1. The van der Waals surface area contributed by atoms with Crippen molar-refractivity contribution in [2.45, 2.75) is 31.4 Å². The molecule has 0 aromatic rings. The smallest absolute Gasteiger partial charge is 0.234 e. The lowest BCUT2D eigenvalue weighted by Gasteiger charge is -2.22. The van der Waals surface area contributed by atoms with E-state index in [9.17, 15) is 13.2 Å². The molecule has 7 heteroatoms.